The standard InChI is InChI=1S/C17H32N2O2/c1-11(2)14-8-5-12(3)9-15(14)21-10-17(4,16(18)20)19-13-6-7-13/h11-15,19H,5-10H2,1-4H3,(H2,18,20). The van der Waals surface area contributed by atoms with Crippen LogP contribution in [0.25, 0.3) is 0 Å². The molecule has 0 saturated heterocycles. The third-order valence-corrected chi connectivity index (χ3v) is 5.19. The quantitative estimate of drug-likeness (QED) is 0.758. The van der Waals surface area contributed by atoms with E-state index in [1.165, 1.54) is 12.8 Å². The van der Waals surface area contributed by atoms with Crippen LogP contribution in [0.5, 0.6) is 0 Å². The van der Waals surface area contributed by atoms with Gasteiger partial charge in [0.25, 0.3) is 0 Å². The minimum Gasteiger partial charge on any atom is -0.375 e. The first-order valence-corrected chi connectivity index (χ1v) is 8.51. The molecule has 1 amide bonds. The van der Waals surface area contributed by atoms with Crippen molar-refractivity contribution in [2.45, 2.75) is 77.5 Å². The minimum absolute atomic E-state index is 0.258. The van der Waals surface area contributed by atoms with Crippen molar-refractivity contribution in [3.8, 4) is 0 Å². The summed E-state index contributed by atoms with van der Waals surface area (Å²) in [4.78, 5) is 11.8. The van der Waals surface area contributed by atoms with Gasteiger partial charge >= 0.3 is 0 Å². The van der Waals surface area contributed by atoms with Crippen molar-refractivity contribution in [1.82, 2.24) is 5.32 Å². The molecule has 2 rings (SSSR count). The van der Waals surface area contributed by atoms with E-state index in [0.717, 1.165) is 19.3 Å². The molecule has 0 heterocycles. The molecule has 2 aliphatic rings. The van der Waals surface area contributed by atoms with Gasteiger partial charge in [0.2, 0.25) is 5.91 Å². The number of rotatable bonds is 7. The fourth-order valence-electron chi connectivity index (χ4n) is 3.44. The molecule has 0 spiro atoms. The molecule has 0 radical (unpaired) electrons. The van der Waals surface area contributed by atoms with E-state index in [1.807, 2.05) is 6.92 Å². The summed E-state index contributed by atoms with van der Waals surface area (Å²) in [5.74, 6) is 1.62. The molecule has 122 valence electrons. The highest BCUT2D eigenvalue weighted by atomic mass is 16.5. The number of nitrogens with two attached hydrogens (primary N) is 1. The Bertz CT molecular complexity index is 368. The predicted octanol–water partition coefficient (Wildman–Crippen LogP) is 2.46. The summed E-state index contributed by atoms with van der Waals surface area (Å²) in [6.07, 6.45) is 6.15. The Morgan fingerprint density at radius 2 is 2.00 bits per heavy atom. The summed E-state index contributed by atoms with van der Waals surface area (Å²) in [5, 5.41) is 3.36. The first-order valence-electron chi connectivity index (χ1n) is 8.51. The van der Waals surface area contributed by atoms with Crippen LogP contribution in [0.15, 0.2) is 0 Å². The normalized spacial score (nSPS) is 32.9. The highest BCUT2D eigenvalue weighted by Crippen LogP contribution is 2.35. The lowest BCUT2D eigenvalue weighted by Crippen LogP contribution is -2.58. The third kappa shape index (κ3) is 4.43. The van der Waals surface area contributed by atoms with Gasteiger partial charge in [-0.05, 0) is 50.4 Å². The monoisotopic (exact) mass is 296 g/mol. The van der Waals surface area contributed by atoms with Gasteiger partial charge in [0.15, 0.2) is 0 Å². The molecule has 4 nitrogen and oxygen atoms in total. The Kier molecular flexibility index (Phi) is 5.31. The van der Waals surface area contributed by atoms with Crippen molar-refractivity contribution in [2.75, 3.05) is 6.61 Å². The predicted molar refractivity (Wildman–Crippen MR) is 84.8 cm³/mol. The number of amides is 1. The molecule has 4 atom stereocenters. The molecule has 0 aromatic carbocycles. The van der Waals surface area contributed by atoms with Crippen LogP contribution in [0.1, 0.15) is 59.8 Å². The second-order valence-corrected chi connectivity index (χ2v) is 7.79. The van der Waals surface area contributed by atoms with Gasteiger partial charge < -0.3 is 10.5 Å². The first-order chi connectivity index (χ1) is 9.82. The molecular formula is C17H32N2O2. The van der Waals surface area contributed by atoms with Crippen LogP contribution >= 0.6 is 0 Å². The van der Waals surface area contributed by atoms with Crippen molar-refractivity contribution in [3.05, 3.63) is 0 Å². The van der Waals surface area contributed by atoms with Crippen LogP contribution in [0.2, 0.25) is 0 Å². The molecule has 4 unspecified atom stereocenters. The van der Waals surface area contributed by atoms with E-state index in [-0.39, 0.29) is 12.0 Å². The fourth-order valence-corrected chi connectivity index (χ4v) is 3.44. The Balaban J connectivity index is 1.95. The number of carbonyl (C=O) groups excluding carboxylic acids is 1. The van der Waals surface area contributed by atoms with Gasteiger partial charge in [0.05, 0.1) is 12.7 Å². The van der Waals surface area contributed by atoms with E-state index in [4.69, 9.17) is 10.5 Å². The molecule has 0 aromatic heterocycles. The highest BCUT2D eigenvalue weighted by molar-refractivity contribution is 5.84. The summed E-state index contributed by atoms with van der Waals surface area (Å²) < 4.78 is 6.22. The summed E-state index contributed by atoms with van der Waals surface area (Å²) in [5.41, 5.74) is 4.87. The Hall–Kier alpha value is -0.610. The third-order valence-electron chi connectivity index (χ3n) is 5.19. The molecule has 21 heavy (non-hydrogen) atoms. The van der Waals surface area contributed by atoms with Gasteiger partial charge in [-0.2, -0.15) is 0 Å². The number of hydrogen-bond acceptors (Lipinski definition) is 3. The van der Waals surface area contributed by atoms with Gasteiger partial charge in [-0.1, -0.05) is 27.2 Å². The lowest BCUT2D eigenvalue weighted by molar-refractivity contribution is -0.129. The maximum atomic E-state index is 11.8. The zero-order chi connectivity index (χ0) is 15.6. The summed E-state index contributed by atoms with van der Waals surface area (Å²) in [6, 6.07) is 0.442. The molecule has 0 bridgehead atoms. The highest BCUT2D eigenvalue weighted by Gasteiger charge is 2.39. The van der Waals surface area contributed by atoms with Crippen LogP contribution in [0.3, 0.4) is 0 Å². The number of primary amides is 1. The Morgan fingerprint density at radius 1 is 1.33 bits per heavy atom. The average Bonchev–Trinajstić information content (AvgIpc) is 3.19. The summed E-state index contributed by atoms with van der Waals surface area (Å²) in [7, 11) is 0. The van der Waals surface area contributed by atoms with Gasteiger partial charge in [0.1, 0.15) is 5.54 Å². The zero-order valence-electron chi connectivity index (χ0n) is 14.0. The van der Waals surface area contributed by atoms with Crippen molar-refractivity contribution in [1.29, 1.82) is 0 Å². The van der Waals surface area contributed by atoms with E-state index in [2.05, 4.69) is 26.1 Å². The molecule has 2 saturated carbocycles. The average molecular weight is 296 g/mol. The maximum Gasteiger partial charge on any atom is 0.239 e. The largest absolute Gasteiger partial charge is 0.375 e. The van der Waals surface area contributed by atoms with Crippen molar-refractivity contribution >= 4 is 5.91 Å². The van der Waals surface area contributed by atoms with Crippen LogP contribution in [-0.4, -0.2) is 30.2 Å². The summed E-state index contributed by atoms with van der Waals surface area (Å²) in [6.45, 7) is 9.10. The fraction of sp³-hybridized carbons (Fsp3) is 0.941. The second kappa shape index (κ2) is 6.66. The maximum absolute atomic E-state index is 11.8. The van der Waals surface area contributed by atoms with Gasteiger partial charge in [0, 0.05) is 6.04 Å². The van der Waals surface area contributed by atoms with Crippen LogP contribution in [0.4, 0.5) is 0 Å². The second-order valence-electron chi connectivity index (χ2n) is 7.79. The first kappa shape index (κ1) is 16.8. The number of carbonyl (C=O) groups is 1. The lowest BCUT2D eigenvalue weighted by atomic mass is 9.75. The van der Waals surface area contributed by atoms with Crippen LogP contribution < -0.4 is 11.1 Å². The van der Waals surface area contributed by atoms with Crippen molar-refractivity contribution < 1.29 is 9.53 Å². The van der Waals surface area contributed by atoms with Gasteiger partial charge in [-0.3, -0.25) is 10.1 Å². The molecule has 2 aliphatic carbocycles. The number of ether oxygens (including phenoxy) is 1. The molecule has 3 N–H and O–H groups in total. The lowest BCUT2D eigenvalue weighted by Gasteiger charge is -2.39. The zero-order valence-corrected chi connectivity index (χ0v) is 14.0. The Morgan fingerprint density at radius 3 is 2.52 bits per heavy atom. The van der Waals surface area contributed by atoms with Crippen molar-refractivity contribution in [3.63, 3.8) is 0 Å². The summed E-state index contributed by atoms with van der Waals surface area (Å²) >= 11 is 0. The van der Waals surface area contributed by atoms with E-state index in [9.17, 15) is 4.79 Å². The molecule has 0 aliphatic heterocycles. The van der Waals surface area contributed by atoms with Crippen LogP contribution in [-0.2, 0) is 9.53 Å². The van der Waals surface area contributed by atoms with E-state index in [0.29, 0.717) is 30.4 Å². The molecule has 2 fully saturated rings. The number of hydrogen-bond donors (Lipinski definition) is 2. The van der Waals surface area contributed by atoms with Crippen LogP contribution in [0, 0.1) is 17.8 Å². The molecular weight excluding hydrogens is 264 g/mol. The number of nitrogens with one attached hydrogen (secondary N) is 1. The van der Waals surface area contributed by atoms with Crippen molar-refractivity contribution in [2.24, 2.45) is 23.5 Å². The SMILES string of the molecule is CC1CCC(C(C)C)C(OCC(C)(NC2CC2)C(N)=O)C1. The van der Waals surface area contributed by atoms with E-state index < -0.39 is 5.54 Å². The molecule has 4 heteroatoms. The van der Waals surface area contributed by atoms with Gasteiger partial charge in [-0.15, -0.1) is 0 Å². The van der Waals surface area contributed by atoms with E-state index in [1.54, 1.807) is 0 Å². The van der Waals surface area contributed by atoms with Gasteiger partial charge in [-0.25, -0.2) is 0 Å². The topological polar surface area (TPSA) is 64.3 Å². The smallest absolute Gasteiger partial charge is 0.239 e. The Labute approximate surface area is 129 Å². The minimum atomic E-state index is -0.733. The molecule has 0 aromatic rings. The van der Waals surface area contributed by atoms with E-state index >= 15 is 0 Å².